The second-order valence-electron chi connectivity index (χ2n) is 7.40. The highest BCUT2D eigenvalue weighted by atomic mass is 32.2. The zero-order chi connectivity index (χ0) is 17.6. The third kappa shape index (κ3) is 3.57. The second-order valence-corrected chi connectivity index (χ2v) is 9.63. The number of carbonyl (C=O) groups excluding carboxylic acids is 1. The zero-order valence-corrected chi connectivity index (χ0v) is 15.2. The molecule has 3 fully saturated rings. The van der Waals surface area contributed by atoms with Gasteiger partial charge in [0.15, 0.2) is 15.7 Å². The summed E-state index contributed by atoms with van der Waals surface area (Å²) in [5, 5.41) is 4.07. The van der Waals surface area contributed by atoms with E-state index in [1.54, 1.807) is 4.90 Å². The molecule has 0 radical (unpaired) electrons. The Morgan fingerprint density at radius 2 is 1.92 bits per heavy atom. The molecule has 138 valence electrons. The molecule has 1 aromatic rings. The van der Waals surface area contributed by atoms with Gasteiger partial charge in [0.25, 0.3) is 0 Å². The molecule has 8 nitrogen and oxygen atoms in total. The molecule has 1 aliphatic carbocycles. The van der Waals surface area contributed by atoms with Crippen LogP contribution in [-0.4, -0.2) is 72.0 Å². The quantitative estimate of drug-likeness (QED) is 0.767. The second kappa shape index (κ2) is 6.35. The first-order valence-corrected chi connectivity index (χ1v) is 10.8. The summed E-state index contributed by atoms with van der Waals surface area (Å²) in [6.07, 6.45) is 2.75. The summed E-state index contributed by atoms with van der Waals surface area (Å²) in [6.45, 7) is 4.74. The topological polar surface area (TPSA) is 96.6 Å². The Bertz CT molecular complexity index is 750. The maximum atomic E-state index is 12.5. The molecular formula is C16H24N4O4S. The molecule has 2 aliphatic heterocycles. The lowest BCUT2D eigenvalue weighted by atomic mass is 10.1. The molecule has 1 amide bonds. The van der Waals surface area contributed by atoms with Gasteiger partial charge < -0.3 is 9.42 Å². The first kappa shape index (κ1) is 17.0. The fraction of sp³-hybridized carbons (Fsp3) is 0.812. The van der Waals surface area contributed by atoms with Gasteiger partial charge in [-0.1, -0.05) is 5.16 Å². The van der Waals surface area contributed by atoms with Crippen LogP contribution in [0.2, 0.25) is 0 Å². The normalized spacial score (nSPS) is 28.2. The highest BCUT2D eigenvalue weighted by Gasteiger charge is 2.37. The molecule has 0 bridgehead atoms. The van der Waals surface area contributed by atoms with Crippen molar-refractivity contribution < 1.29 is 17.7 Å². The summed E-state index contributed by atoms with van der Waals surface area (Å²) < 4.78 is 28.6. The summed E-state index contributed by atoms with van der Waals surface area (Å²) in [5.74, 6) is 1.71. The van der Waals surface area contributed by atoms with Gasteiger partial charge in [0.1, 0.15) is 0 Å². The van der Waals surface area contributed by atoms with E-state index in [1.807, 2.05) is 6.92 Å². The molecule has 3 heterocycles. The maximum Gasteiger partial charge on any atom is 0.243 e. The zero-order valence-electron chi connectivity index (χ0n) is 14.4. The number of hydrogen-bond acceptors (Lipinski definition) is 7. The molecule has 2 atom stereocenters. The van der Waals surface area contributed by atoms with Gasteiger partial charge in [0.2, 0.25) is 11.8 Å². The number of aromatic nitrogens is 2. The van der Waals surface area contributed by atoms with Gasteiger partial charge >= 0.3 is 0 Å². The Hall–Kier alpha value is -1.48. The van der Waals surface area contributed by atoms with E-state index in [-0.39, 0.29) is 29.4 Å². The van der Waals surface area contributed by atoms with Crippen LogP contribution < -0.4 is 0 Å². The highest BCUT2D eigenvalue weighted by molar-refractivity contribution is 7.91. The van der Waals surface area contributed by atoms with Crippen LogP contribution in [-0.2, 0) is 14.6 Å². The fourth-order valence-electron chi connectivity index (χ4n) is 3.66. The van der Waals surface area contributed by atoms with Gasteiger partial charge in [-0.05, 0) is 26.2 Å². The molecule has 3 aliphatic rings. The van der Waals surface area contributed by atoms with E-state index in [9.17, 15) is 13.2 Å². The number of hydrogen-bond donors (Lipinski definition) is 0. The Labute approximate surface area is 147 Å². The van der Waals surface area contributed by atoms with Crippen molar-refractivity contribution in [2.45, 2.75) is 38.1 Å². The molecule has 0 unspecified atom stereocenters. The molecule has 9 heteroatoms. The number of nitrogens with zero attached hydrogens (tertiary/aromatic N) is 4. The summed E-state index contributed by atoms with van der Waals surface area (Å²) in [6, 6.07) is 0.0316. The largest absolute Gasteiger partial charge is 0.340 e. The number of amides is 1. The minimum atomic E-state index is -3.02. The van der Waals surface area contributed by atoms with E-state index in [2.05, 4.69) is 15.0 Å². The fourth-order valence-corrected chi connectivity index (χ4v) is 5.39. The Balaban J connectivity index is 1.32. The van der Waals surface area contributed by atoms with Crippen LogP contribution in [0.15, 0.2) is 4.52 Å². The third-order valence-corrected chi connectivity index (χ3v) is 7.28. The number of sulfone groups is 1. The van der Waals surface area contributed by atoms with E-state index < -0.39 is 9.84 Å². The standard InChI is InChI=1S/C16H24N4O4S/c1-11(15-17-14(18-24-15)12-2-3-12)19-5-7-20(8-6-19)16(21)13-4-9-25(22,23)10-13/h11-13H,2-10H2,1H3/t11-,13+/m0/s1. The van der Waals surface area contributed by atoms with Crippen molar-refractivity contribution in [3.05, 3.63) is 11.7 Å². The van der Waals surface area contributed by atoms with E-state index in [4.69, 9.17) is 4.52 Å². The molecule has 4 rings (SSSR count). The Morgan fingerprint density at radius 3 is 2.52 bits per heavy atom. The van der Waals surface area contributed by atoms with E-state index in [0.717, 1.165) is 31.8 Å². The summed E-state index contributed by atoms with van der Waals surface area (Å²) in [7, 11) is -3.02. The molecule has 0 spiro atoms. The van der Waals surface area contributed by atoms with Crippen LogP contribution in [0, 0.1) is 5.92 Å². The SMILES string of the molecule is C[C@@H](c1nc(C2CC2)no1)N1CCN(C(=O)[C@@H]2CCS(=O)(=O)C2)CC1. The van der Waals surface area contributed by atoms with Crippen molar-refractivity contribution in [1.29, 1.82) is 0 Å². The average Bonchev–Trinajstić information content (AvgIpc) is 3.22. The predicted octanol–water partition coefficient (Wildman–Crippen LogP) is 0.587. The molecule has 2 saturated heterocycles. The average molecular weight is 368 g/mol. The molecule has 1 saturated carbocycles. The van der Waals surface area contributed by atoms with Gasteiger partial charge in [-0.15, -0.1) is 0 Å². The summed E-state index contributed by atoms with van der Waals surface area (Å²) in [5.41, 5.74) is 0. The monoisotopic (exact) mass is 368 g/mol. The molecule has 0 N–H and O–H groups in total. The number of rotatable bonds is 4. The highest BCUT2D eigenvalue weighted by Crippen LogP contribution is 2.38. The van der Waals surface area contributed by atoms with E-state index in [0.29, 0.717) is 31.3 Å². The molecular weight excluding hydrogens is 344 g/mol. The summed E-state index contributed by atoms with van der Waals surface area (Å²) in [4.78, 5) is 21.1. The summed E-state index contributed by atoms with van der Waals surface area (Å²) >= 11 is 0. The van der Waals surface area contributed by atoms with Crippen molar-refractivity contribution in [2.24, 2.45) is 5.92 Å². The van der Waals surface area contributed by atoms with Crippen molar-refractivity contribution in [3.8, 4) is 0 Å². The lowest BCUT2D eigenvalue weighted by Gasteiger charge is -2.37. The van der Waals surface area contributed by atoms with Crippen LogP contribution in [0.25, 0.3) is 0 Å². The van der Waals surface area contributed by atoms with E-state index >= 15 is 0 Å². The number of piperazine rings is 1. The van der Waals surface area contributed by atoms with Gasteiger partial charge in [0.05, 0.1) is 23.5 Å². The molecule has 25 heavy (non-hydrogen) atoms. The minimum Gasteiger partial charge on any atom is -0.340 e. The van der Waals surface area contributed by atoms with Crippen molar-refractivity contribution in [2.75, 3.05) is 37.7 Å². The Kier molecular flexibility index (Phi) is 4.31. The minimum absolute atomic E-state index is 0.00831. The van der Waals surface area contributed by atoms with Crippen molar-refractivity contribution in [3.63, 3.8) is 0 Å². The van der Waals surface area contributed by atoms with E-state index in [1.165, 1.54) is 0 Å². The Morgan fingerprint density at radius 1 is 1.20 bits per heavy atom. The van der Waals surface area contributed by atoms with Crippen LogP contribution >= 0.6 is 0 Å². The van der Waals surface area contributed by atoms with Gasteiger partial charge in [-0.25, -0.2) is 8.42 Å². The van der Waals surface area contributed by atoms with Gasteiger partial charge in [0, 0.05) is 32.1 Å². The van der Waals surface area contributed by atoms with Crippen LogP contribution in [0.4, 0.5) is 0 Å². The third-order valence-electron chi connectivity index (χ3n) is 5.51. The van der Waals surface area contributed by atoms with Gasteiger partial charge in [-0.3, -0.25) is 9.69 Å². The predicted molar refractivity (Wildman–Crippen MR) is 89.6 cm³/mol. The lowest BCUT2D eigenvalue weighted by Crippen LogP contribution is -2.51. The van der Waals surface area contributed by atoms with Crippen LogP contribution in [0.5, 0.6) is 0 Å². The van der Waals surface area contributed by atoms with Crippen molar-refractivity contribution in [1.82, 2.24) is 19.9 Å². The first-order valence-electron chi connectivity index (χ1n) is 9.00. The van der Waals surface area contributed by atoms with Gasteiger partial charge in [-0.2, -0.15) is 4.98 Å². The first-order chi connectivity index (χ1) is 11.9. The number of carbonyl (C=O) groups is 1. The molecule has 0 aromatic carbocycles. The molecule has 1 aromatic heterocycles. The maximum absolute atomic E-state index is 12.5. The van der Waals surface area contributed by atoms with Crippen LogP contribution in [0.1, 0.15) is 49.9 Å². The lowest BCUT2D eigenvalue weighted by molar-refractivity contribution is -0.136. The van der Waals surface area contributed by atoms with Crippen LogP contribution in [0.3, 0.4) is 0 Å². The van der Waals surface area contributed by atoms with Crippen molar-refractivity contribution >= 4 is 15.7 Å². The smallest absolute Gasteiger partial charge is 0.243 e.